The molecule has 0 radical (unpaired) electrons. The smallest absolute Gasteiger partial charge is 0.348 e. The van der Waals surface area contributed by atoms with Gasteiger partial charge in [-0.25, -0.2) is 9.59 Å². The number of aliphatic carboxylic acids is 1. The van der Waals surface area contributed by atoms with E-state index in [-0.39, 0.29) is 35.8 Å². The number of carbonyl (C=O) groups excluding carboxylic acids is 2. The van der Waals surface area contributed by atoms with Gasteiger partial charge in [0, 0.05) is 25.3 Å². The van der Waals surface area contributed by atoms with Crippen LogP contribution in [0.2, 0.25) is 0 Å². The van der Waals surface area contributed by atoms with E-state index in [0.29, 0.717) is 11.1 Å². The van der Waals surface area contributed by atoms with Gasteiger partial charge in [-0.15, -0.1) is 0 Å². The number of carboxylic acid groups (broad SMARTS) is 1. The Balaban J connectivity index is 1.62. The SMILES string of the molecule is COc1cc(/C=C/C(=O)OC2(C(=O)O)C[C@@H](O)C(OC(=O)CCc3ccc(O)c(O)c3)[C@H](O)C2)ccc1O. The fourth-order valence-electron chi connectivity index (χ4n) is 4.08. The highest BCUT2D eigenvalue weighted by Gasteiger charge is 2.54. The largest absolute Gasteiger partial charge is 0.504 e. The van der Waals surface area contributed by atoms with E-state index in [0.717, 1.165) is 6.08 Å². The van der Waals surface area contributed by atoms with Crippen LogP contribution < -0.4 is 4.74 Å². The molecule has 0 unspecified atom stereocenters. The number of aromatic hydroxyl groups is 3. The van der Waals surface area contributed by atoms with Crippen LogP contribution in [0.3, 0.4) is 0 Å². The number of phenolic OH excluding ortho intramolecular Hbond substituents is 3. The first-order chi connectivity index (χ1) is 17.9. The van der Waals surface area contributed by atoms with Gasteiger partial charge in [-0.3, -0.25) is 4.79 Å². The summed E-state index contributed by atoms with van der Waals surface area (Å²) in [7, 11) is 1.35. The van der Waals surface area contributed by atoms with Gasteiger partial charge in [0.05, 0.1) is 19.3 Å². The van der Waals surface area contributed by atoms with E-state index in [2.05, 4.69) is 0 Å². The maximum Gasteiger partial charge on any atom is 0.348 e. The average Bonchev–Trinajstić information content (AvgIpc) is 2.86. The van der Waals surface area contributed by atoms with Gasteiger partial charge in [0.25, 0.3) is 0 Å². The molecule has 38 heavy (non-hydrogen) atoms. The second-order valence-electron chi connectivity index (χ2n) is 8.81. The molecule has 2 atom stereocenters. The molecule has 0 amide bonds. The van der Waals surface area contributed by atoms with Gasteiger partial charge in [0.15, 0.2) is 29.1 Å². The molecule has 204 valence electrons. The summed E-state index contributed by atoms with van der Waals surface area (Å²) in [4.78, 5) is 36.7. The maximum atomic E-state index is 12.4. The number of benzene rings is 2. The van der Waals surface area contributed by atoms with Crippen molar-refractivity contribution in [1.29, 1.82) is 0 Å². The lowest BCUT2D eigenvalue weighted by Gasteiger charge is -2.41. The number of aliphatic hydroxyl groups is 2. The quantitative estimate of drug-likeness (QED) is 0.154. The van der Waals surface area contributed by atoms with Gasteiger partial charge >= 0.3 is 17.9 Å². The van der Waals surface area contributed by atoms with Gasteiger partial charge in [-0.1, -0.05) is 12.1 Å². The lowest BCUT2D eigenvalue weighted by atomic mass is 9.79. The molecule has 12 heteroatoms. The average molecular weight is 532 g/mol. The number of hydrogen-bond donors (Lipinski definition) is 6. The second-order valence-corrected chi connectivity index (χ2v) is 8.81. The number of aliphatic hydroxyl groups excluding tert-OH is 2. The molecule has 0 spiro atoms. The summed E-state index contributed by atoms with van der Waals surface area (Å²) >= 11 is 0. The Morgan fingerprint density at radius 3 is 2.24 bits per heavy atom. The zero-order chi connectivity index (χ0) is 28.0. The summed E-state index contributed by atoms with van der Waals surface area (Å²) in [6.45, 7) is 0. The first kappa shape index (κ1) is 28.3. The number of aryl methyl sites for hydroxylation is 1. The Labute approximate surface area is 216 Å². The van der Waals surface area contributed by atoms with E-state index in [1.54, 1.807) is 0 Å². The summed E-state index contributed by atoms with van der Waals surface area (Å²) in [6.07, 6.45) is -3.87. The highest BCUT2D eigenvalue weighted by Crippen LogP contribution is 2.35. The van der Waals surface area contributed by atoms with E-state index in [1.807, 2.05) is 0 Å². The van der Waals surface area contributed by atoms with Crippen molar-refractivity contribution in [3.05, 3.63) is 53.6 Å². The van der Waals surface area contributed by atoms with Crippen molar-refractivity contribution in [3.8, 4) is 23.0 Å². The Bertz CT molecular complexity index is 1210. The highest BCUT2D eigenvalue weighted by molar-refractivity contribution is 5.90. The molecule has 0 bridgehead atoms. The number of carbonyl (C=O) groups is 3. The summed E-state index contributed by atoms with van der Waals surface area (Å²) in [5.74, 6) is -4.09. The number of methoxy groups -OCH3 is 1. The minimum Gasteiger partial charge on any atom is -0.504 e. The number of ether oxygens (including phenoxy) is 3. The van der Waals surface area contributed by atoms with E-state index < -0.39 is 54.7 Å². The van der Waals surface area contributed by atoms with Crippen molar-refractivity contribution in [2.24, 2.45) is 0 Å². The van der Waals surface area contributed by atoms with E-state index in [1.165, 1.54) is 49.6 Å². The zero-order valence-electron chi connectivity index (χ0n) is 20.3. The van der Waals surface area contributed by atoms with Crippen LogP contribution in [0.4, 0.5) is 0 Å². The lowest BCUT2D eigenvalue weighted by Crippen LogP contribution is -2.59. The van der Waals surface area contributed by atoms with Gasteiger partial charge in [-0.05, 0) is 47.9 Å². The molecular formula is C26H28O12. The third kappa shape index (κ3) is 6.72. The molecule has 1 aliphatic rings. The summed E-state index contributed by atoms with van der Waals surface area (Å²) in [6, 6.07) is 8.28. The Hall–Kier alpha value is -4.29. The van der Waals surface area contributed by atoms with Crippen LogP contribution in [0.15, 0.2) is 42.5 Å². The normalized spacial score (nSPS) is 23.1. The van der Waals surface area contributed by atoms with Crippen LogP contribution in [-0.4, -0.2) is 79.6 Å². The van der Waals surface area contributed by atoms with Crippen LogP contribution in [-0.2, 0) is 30.3 Å². The maximum absolute atomic E-state index is 12.4. The second kappa shape index (κ2) is 11.8. The third-order valence-electron chi connectivity index (χ3n) is 6.06. The van der Waals surface area contributed by atoms with Crippen LogP contribution >= 0.6 is 0 Å². The van der Waals surface area contributed by atoms with Crippen LogP contribution in [0.25, 0.3) is 6.08 Å². The van der Waals surface area contributed by atoms with Gasteiger partial charge in [0.1, 0.15) is 0 Å². The number of hydrogen-bond acceptors (Lipinski definition) is 11. The van der Waals surface area contributed by atoms with Gasteiger partial charge < -0.3 is 44.8 Å². The van der Waals surface area contributed by atoms with E-state index in [4.69, 9.17) is 14.2 Å². The molecule has 2 aromatic rings. The van der Waals surface area contributed by atoms with Crippen LogP contribution in [0.1, 0.15) is 30.4 Å². The predicted octanol–water partition coefficient (Wildman–Crippen LogP) is 1.25. The number of esters is 2. The minimum atomic E-state index is -2.28. The van der Waals surface area contributed by atoms with Crippen molar-refractivity contribution in [3.63, 3.8) is 0 Å². The predicted molar refractivity (Wildman–Crippen MR) is 129 cm³/mol. The summed E-state index contributed by atoms with van der Waals surface area (Å²) < 4.78 is 15.3. The molecular weight excluding hydrogens is 504 g/mol. The molecule has 0 aliphatic heterocycles. The van der Waals surface area contributed by atoms with E-state index in [9.17, 15) is 45.0 Å². The molecule has 0 saturated heterocycles. The van der Waals surface area contributed by atoms with Crippen LogP contribution in [0, 0.1) is 0 Å². The Morgan fingerprint density at radius 2 is 1.63 bits per heavy atom. The van der Waals surface area contributed by atoms with Crippen molar-refractivity contribution in [1.82, 2.24) is 0 Å². The fourth-order valence-corrected chi connectivity index (χ4v) is 4.08. The van der Waals surface area contributed by atoms with Gasteiger partial charge in [0.2, 0.25) is 5.60 Å². The molecule has 1 saturated carbocycles. The molecule has 1 aliphatic carbocycles. The van der Waals surface area contributed by atoms with Crippen molar-refractivity contribution in [2.75, 3.05) is 7.11 Å². The number of rotatable bonds is 9. The van der Waals surface area contributed by atoms with Crippen LogP contribution in [0.5, 0.6) is 23.0 Å². The molecule has 6 N–H and O–H groups in total. The van der Waals surface area contributed by atoms with Gasteiger partial charge in [-0.2, -0.15) is 0 Å². The van der Waals surface area contributed by atoms with Crippen molar-refractivity contribution in [2.45, 2.75) is 49.6 Å². The van der Waals surface area contributed by atoms with Crippen molar-refractivity contribution >= 4 is 24.0 Å². The van der Waals surface area contributed by atoms with Crippen molar-refractivity contribution < 1.29 is 59.2 Å². The molecule has 3 rings (SSSR count). The molecule has 0 heterocycles. The Morgan fingerprint density at radius 1 is 0.974 bits per heavy atom. The van der Waals surface area contributed by atoms with E-state index >= 15 is 0 Å². The first-order valence-electron chi connectivity index (χ1n) is 11.5. The Kier molecular flexibility index (Phi) is 8.81. The molecule has 12 nitrogen and oxygen atoms in total. The summed E-state index contributed by atoms with van der Waals surface area (Å²) in [5.41, 5.74) is -1.31. The topological polar surface area (TPSA) is 200 Å². The standard InChI is InChI=1S/C26H28O12/c1-36-21-11-15(3-7-17(21)28)5-9-23(33)38-26(25(34)35)12-19(30)24(20(31)13-26)37-22(32)8-4-14-2-6-16(27)18(29)10-14/h2-3,5-7,9-11,19-20,24,27-31H,4,8,12-13H2,1H3,(H,34,35)/b9-5+/t19-,20-,24?,26?/m1/s1. The lowest BCUT2D eigenvalue weighted by molar-refractivity contribution is -0.209. The first-order valence-corrected chi connectivity index (χ1v) is 11.5. The molecule has 2 aromatic carbocycles. The highest BCUT2D eigenvalue weighted by atomic mass is 16.6. The third-order valence-corrected chi connectivity index (χ3v) is 6.06. The molecule has 0 aromatic heterocycles. The summed E-state index contributed by atoms with van der Waals surface area (Å²) in [5, 5.41) is 59.4. The fraction of sp³-hybridized carbons (Fsp3) is 0.346. The minimum absolute atomic E-state index is 0.114. The molecule has 1 fully saturated rings. The number of carboxylic acids is 1. The zero-order valence-corrected chi connectivity index (χ0v) is 20.3. The monoisotopic (exact) mass is 532 g/mol. The number of phenols is 3.